The van der Waals surface area contributed by atoms with E-state index in [1.54, 1.807) is 0 Å². The minimum Gasteiger partial charge on any atom is -0.341 e. The molecule has 0 aliphatic carbocycles. The highest BCUT2D eigenvalue weighted by molar-refractivity contribution is 9.10. The normalized spacial score (nSPS) is 25.1. The molecular weight excluding hydrogens is 266 g/mol. The fraction of sp³-hybridized carbons (Fsp3) is 0.889. The number of amides is 1. The predicted octanol–water partition coefficient (Wildman–Crippen LogP) is 1.14. The Kier molecular flexibility index (Phi) is 5.09. The summed E-state index contributed by atoms with van der Waals surface area (Å²) in [5.41, 5.74) is 0. The van der Waals surface area contributed by atoms with Crippen LogP contribution >= 0.6 is 15.9 Å². The van der Waals surface area contributed by atoms with Crippen molar-refractivity contribution in [1.29, 1.82) is 0 Å². The summed E-state index contributed by atoms with van der Waals surface area (Å²) in [5, 5.41) is 0. The monoisotopic (exact) mass is 281 g/mol. The van der Waals surface area contributed by atoms with Crippen molar-refractivity contribution < 1.29 is 9.00 Å². The van der Waals surface area contributed by atoms with Crippen LogP contribution in [0.1, 0.15) is 19.8 Å². The average Bonchev–Trinajstić information content (AvgIpc) is 2.20. The smallest absolute Gasteiger partial charge is 0.236 e. The van der Waals surface area contributed by atoms with E-state index in [2.05, 4.69) is 15.9 Å². The van der Waals surface area contributed by atoms with Crippen molar-refractivity contribution in [2.45, 2.75) is 24.6 Å². The SMILES string of the molecule is CCS(=O)CCN1CCCC(Br)C1=O. The summed E-state index contributed by atoms with van der Waals surface area (Å²) in [6.07, 6.45) is 1.96. The largest absolute Gasteiger partial charge is 0.341 e. The van der Waals surface area contributed by atoms with E-state index in [0.29, 0.717) is 18.1 Å². The van der Waals surface area contributed by atoms with Crippen molar-refractivity contribution in [3.8, 4) is 0 Å². The second-order valence-corrected chi connectivity index (χ2v) is 6.34. The third-order valence-corrected chi connectivity index (χ3v) is 4.51. The van der Waals surface area contributed by atoms with Crippen molar-refractivity contribution in [2.75, 3.05) is 24.6 Å². The standard InChI is InChI=1S/C9H16BrNO2S/c1-2-14(13)7-6-11-5-3-4-8(10)9(11)12/h8H,2-7H2,1H3. The average molecular weight is 282 g/mol. The van der Waals surface area contributed by atoms with Crippen LogP contribution < -0.4 is 0 Å². The lowest BCUT2D eigenvalue weighted by molar-refractivity contribution is -0.132. The van der Waals surface area contributed by atoms with Gasteiger partial charge in [0.1, 0.15) is 0 Å². The molecule has 3 nitrogen and oxygen atoms in total. The lowest BCUT2D eigenvalue weighted by Gasteiger charge is -2.29. The zero-order valence-electron chi connectivity index (χ0n) is 8.37. The van der Waals surface area contributed by atoms with Crippen molar-refractivity contribution >= 4 is 32.6 Å². The first-order valence-electron chi connectivity index (χ1n) is 4.93. The van der Waals surface area contributed by atoms with Crippen molar-refractivity contribution in [3.05, 3.63) is 0 Å². The summed E-state index contributed by atoms with van der Waals surface area (Å²) < 4.78 is 11.2. The van der Waals surface area contributed by atoms with E-state index in [1.165, 1.54) is 0 Å². The topological polar surface area (TPSA) is 37.4 Å². The molecule has 1 fully saturated rings. The Hall–Kier alpha value is 0.1000. The van der Waals surface area contributed by atoms with Crippen LogP contribution in [-0.2, 0) is 15.6 Å². The van der Waals surface area contributed by atoms with Crippen molar-refractivity contribution in [1.82, 2.24) is 4.90 Å². The highest BCUT2D eigenvalue weighted by atomic mass is 79.9. The third-order valence-electron chi connectivity index (χ3n) is 2.38. The van der Waals surface area contributed by atoms with Crippen LogP contribution in [0, 0.1) is 0 Å². The molecule has 1 heterocycles. The minimum absolute atomic E-state index is 0.0219. The van der Waals surface area contributed by atoms with Crippen LogP contribution in [0.2, 0.25) is 0 Å². The van der Waals surface area contributed by atoms with E-state index in [0.717, 1.165) is 19.4 Å². The van der Waals surface area contributed by atoms with Crippen LogP contribution in [0.25, 0.3) is 0 Å². The van der Waals surface area contributed by atoms with Gasteiger partial charge in [0.15, 0.2) is 0 Å². The van der Waals surface area contributed by atoms with Crippen LogP contribution in [0.5, 0.6) is 0 Å². The van der Waals surface area contributed by atoms with E-state index in [-0.39, 0.29) is 10.7 Å². The van der Waals surface area contributed by atoms with Gasteiger partial charge in [-0.15, -0.1) is 0 Å². The molecule has 0 saturated carbocycles. The molecule has 1 aliphatic rings. The van der Waals surface area contributed by atoms with Crippen molar-refractivity contribution in [2.24, 2.45) is 0 Å². The van der Waals surface area contributed by atoms with Gasteiger partial charge in [-0.05, 0) is 12.8 Å². The quantitative estimate of drug-likeness (QED) is 0.725. The molecule has 0 N–H and O–H groups in total. The molecule has 2 atom stereocenters. The van der Waals surface area contributed by atoms with Gasteiger partial charge in [-0.1, -0.05) is 22.9 Å². The Morgan fingerprint density at radius 2 is 2.36 bits per heavy atom. The number of halogens is 1. The summed E-state index contributed by atoms with van der Waals surface area (Å²) in [7, 11) is -0.764. The fourth-order valence-electron chi connectivity index (χ4n) is 1.47. The van der Waals surface area contributed by atoms with Gasteiger partial charge >= 0.3 is 0 Å². The number of piperidine rings is 1. The molecule has 0 aromatic heterocycles. The molecule has 2 unspecified atom stereocenters. The number of rotatable bonds is 4. The number of nitrogens with zero attached hydrogens (tertiary/aromatic N) is 1. The summed E-state index contributed by atoms with van der Waals surface area (Å²) >= 11 is 3.35. The predicted molar refractivity (Wildman–Crippen MR) is 62.1 cm³/mol. The molecule has 0 radical (unpaired) electrons. The summed E-state index contributed by atoms with van der Waals surface area (Å²) in [4.78, 5) is 13.4. The number of alkyl halides is 1. The molecule has 1 saturated heterocycles. The van der Waals surface area contributed by atoms with Gasteiger partial charge in [-0.3, -0.25) is 9.00 Å². The van der Waals surface area contributed by atoms with Gasteiger partial charge in [0.2, 0.25) is 5.91 Å². The van der Waals surface area contributed by atoms with Gasteiger partial charge in [0.05, 0.1) is 4.83 Å². The molecule has 82 valence electrons. The van der Waals surface area contributed by atoms with E-state index in [1.807, 2.05) is 11.8 Å². The summed E-state index contributed by atoms with van der Waals surface area (Å²) in [6.45, 7) is 3.37. The maximum atomic E-state index is 11.6. The molecular formula is C9H16BrNO2S. The second kappa shape index (κ2) is 5.85. The molecule has 1 aliphatic heterocycles. The Morgan fingerprint density at radius 1 is 1.64 bits per heavy atom. The molecule has 0 spiro atoms. The maximum absolute atomic E-state index is 11.6. The molecule has 1 rings (SSSR count). The Labute approximate surface area is 95.8 Å². The maximum Gasteiger partial charge on any atom is 0.236 e. The van der Waals surface area contributed by atoms with Gasteiger partial charge in [0.25, 0.3) is 0 Å². The zero-order chi connectivity index (χ0) is 10.6. The summed E-state index contributed by atoms with van der Waals surface area (Å²) in [6, 6.07) is 0. The number of carbonyl (C=O) groups is 1. The first-order chi connectivity index (χ1) is 6.65. The van der Waals surface area contributed by atoms with Crippen LogP contribution in [0.3, 0.4) is 0 Å². The van der Waals surface area contributed by atoms with E-state index >= 15 is 0 Å². The van der Waals surface area contributed by atoms with Gasteiger partial charge < -0.3 is 4.90 Å². The minimum atomic E-state index is -0.764. The number of hydrogen-bond acceptors (Lipinski definition) is 2. The molecule has 0 aromatic rings. The lowest BCUT2D eigenvalue weighted by atomic mass is 10.1. The number of carbonyl (C=O) groups excluding carboxylic acids is 1. The van der Waals surface area contributed by atoms with E-state index in [4.69, 9.17) is 0 Å². The van der Waals surface area contributed by atoms with Crippen LogP contribution in [0.15, 0.2) is 0 Å². The summed E-state index contributed by atoms with van der Waals surface area (Å²) in [5.74, 6) is 1.45. The fourth-order valence-corrected chi connectivity index (χ4v) is 2.80. The Bertz CT molecular complexity index is 235. The highest BCUT2D eigenvalue weighted by Crippen LogP contribution is 2.17. The molecule has 5 heteroatoms. The highest BCUT2D eigenvalue weighted by Gasteiger charge is 2.26. The lowest BCUT2D eigenvalue weighted by Crippen LogP contribution is -2.43. The first kappa shape index (κ1) is 12.2. The van der Waals surface area contributed by atoms with Crippen LogP contribution in [0.4, 0.5) is 0 Å². The van der Waals surface area contributed by atoms with Crippen LogP contribution in [-0.4, -0.2) is 44.4 Å². The van der Waals surface area contributed by atoms with Gasteiger partial charge in [0, 0.05) is 35.4 Å². The molecule has 1 amide bonds. The Balaban J connectivity index is 2.36. The van der Waals surface area contributed by atoms with E-state index < -0.39 is 10.8 Å². The van der Waals surface area contributed by atoms with Gasteiger partial charge in [-0.2, -0.15) is 0 Å². The van der Waals surface area contributed by atoms with Gasteiger partial charge in [-0.25, -0.2) is 0 Å². The molecule has 0 bridgehead atoms. The molecule has 14 heavy (non-hydrogen) atoms. The Morgan fingerprint density at radius 3 is 3.00 bits per heavy atom. The number of hydrogen-bond donors (Lipinski definition) is 0. The zero-order valence-corrected chi connectivity index (χ0v) is 10.8. The van der Waals surface area contributed by atoms with E-state index in [9.17, 15) is 9.00 Å². The molecule has 0 aromatic carbocycles. The second-order valence-electron chi connectivity index (χ2n) is 3.37. The number of likely N-dealkylation sites (tertiary alicyclic amines) is 1. The van der Waals surface area contributed by atoms with Crippen molar-refractivity contribution in [3.63, 3.8) is 0 Å². The third kappa shape index (κ3) is 3.35. The first-order valence-corrected chi connectivity index (χ1v) is 7.33.